The molecular weight excluding hydrogens is 398 g/mol. The van der Waals surface area contributed by atoms with Gasteiger partial charge >= 0.3 is 0 Å². The Hall–Kier alpha value is -2.87. The molecule has 1 aliphatic carbocycles. The van der Waals surface area contributed by atoms with E-state index in [0.717, 1.165) is 31.7 Å². The van der Waals surface area contributed by atoms with E-state index in [1.165, 1.54) is 11.8 Å². The number of aromatic nitrogens is 3. The fourth-order valence-electron chi connectivity index (χ4n) is 3.83. The predicted octanol–water partition coefficient (Wildman–Crippen LogP) is 2.57. The molecule has 30 heavy (non-hydrogen) atoms. The molecule has 0 spiro atoms. The van der Waals surface area contributed by atoms with Crippen LogP contribution in [0.15, 0.2) is 58.6 Å². The normalized spacial score (nSPS) is 16.8. The summed E-state index contributed by atoms with van der Waals surface area (Å²) in [5.41, 5.74) is 0.695. The zero-order valence-corrected chi connectivity index (χ0v) is 17.4. The van der Waals surface area contributed by atoms with Gasteiger partial charge in [0.1, 0.15) is 5.82 Å². The van der Waals surface area contributed by atoms with Crippen LogP contribution in [0.1, 0.15) is 18.9 Å². The van der Waals surface area contributed by atoms with E-state index in [0.29, 0.717) is 34.9 Å². The van der Waals surface area contributed by atoms with Crippen molar-refractivity contribution < 1.29 is 4.79 Å². The minimum absolute atomic E-state index is 0.00187. The molecule has 1 aromatic carbocycles. The molecule has 7 nitrogen and oxygen atoms in total. The van der Waals surface area contributed by atoms with Gasteiger partial charge < -0.3 is 9.80 Å². The molecule has 0 radical (unpaired) electrons. The smallest absolute Gasteiger partial charge is 0.262 e. The van der Waals surface area contributed by atoms with Gasteiger partial charge in [0, 0.05) is 38.4 Å². The number of para-hydroxylation sites is 1. The first-order valence-corrected chi connectivity index (χ1v) is 11.3. The highest BCUT2D eigenvalue weighted by molar-refractivity contribution is 7.99. The number of carbonyl (C=O) groups excluding carboxylic acids is 1. The Balaban J connectivity index is 1.26. The average Bonchev–Trinajstić information content (AvgIpc) is 3.63. The summed E-state index contributed by atoms with van der Waals surface area (Å²) in [5, 5.41) is 1.30. The van der Waals surface area contributed by atoms with Crippen LogP contribution in [-0.4, -0.2) is 57.3 Å². The van der Waals surface area contributed by atoms with Gasteiger partial charge in [-0.15, -0.1) is 0 Å². The van der Waals surface area contributed by atoms with Crippen LogP contribution in [0.5, 0.6) is 0 Å². The van der Waals surface area contributed by atoms with Crippen LogP contribution >= 0.6 is 11.8 Å². The Bertz CT molecular complexity index is 1120. The molecule has 1 saturated carbocycles. The molecular formula is C22H23N5O2S. The van der Waals surface area contributed by atoms with Gasteiger partial charge in [0.25, 0.3) is 5.56 Å². The quantitative estimate of drug-likeness (QED) is 0.466. The number of thioether (sulfide) groups is 1. The van der Waals surface area contributed by atoms with Gasteiger partial charge in [-0.25, -0.2) is 9.97 Å². The van der Waals surface area contributed by atoms with Crippen LogP contribution in [0.2, 0.25) is 0 Å². The van der Waals surface area contributed by atoms with Gasteiger partial charge in [-0.05, 0) is 37.1 Å². The Morgan fingerprint density at radius 2 is 1.80 bits per heavy atom. The van der Waals surface area contributed by atoms with E-state index >= 15 is 0 Å². The van der Waals surface area contributed by atoms with E-state index in [9.17, 15) is 9.59 Å². The minimum atomic E-state index is 0.00187. The van der Waals surface area contributed by atoms with Crippen LogP contribution in [0.25, 0.3) is 10.9 Å². The van der Waals surface area contributed by atoms with Gasteiger partial charge in [0.2, 0.25) is 5.91 Å². The van der Waals surface area contributed by atoms with Crippen molar-refractivity contribution >= 4 is 34.4 Å². The van der Waals surface area contributed by atoms with Crippen LogP contribution in [0.4, 0.5) is 5.82 Å². The molecule has 1 saturated heterocycles. The van der Waals surface area contributed by atoms with Crippen molar-refractivity contribution in [2.45, 2.75) is 24.0 Å². The fraction of sp³-hybridized carbons (Fsp3) is 0.364. The minimum Gasteiger partial charge on any atom is -0.353 e. The molecule has 8 heteroatoms. The number of nitrogens with zero attached hydrogens (tertiary/aromatic N) is 5. The van der Waals surface area contributed by atoms with Gasteiger partial charge in [0.05, 0.1) is 16.7 Å². The second kappa shape index (κ2) is 8.10. The fourth-order valence-corrected chi connectivity index (χ4v) is 4.79. The topological polar surface area (TPSA) is 71.3 Å². The summed E-state index contributed by atoms with van der Waals surface area (Å²) in [6.45, 7) is 2.90. The molecule has 0 unspecified atom stereocenters. The molecule has 154 valence electrons. The van der Waals surface area contributed by atoms with E-state index in [-0.39, 0.29) is 17.5 Å². The number of fused-ring (bicyclic) bond motifs is 1. The van der Waals surface area contributed by atoms with Gasteiger partial charge in [-0.1, -0.05) is 30.0 Å². The first-order chi connectivity index (χ1) is 14.7. The van der Waals surface area contributed by atoms with Crippen molar-refractivity contribution in [2.75, 3.05) is 36.8 Å². The summed E-state index contributed by atoms with van der Waals surface area (Å²) in [6.07, 6.45) is 3.79. The number of carbonyl (C=O) groups is 1. The number of rotatable bonds is 5. The summed E-state index contributed by atoms with van der Waals surface area (Å²) in [7, 11) is 0. The zero-order chi connectivity index (χ0) is 20.5. The summed E-state index contributed by atoms with van der Waals surface area (Å²) in [6, 6.07) is 13.5. The van der Waals surface area contributed by atoms with Crippen LogP contribution in [-0.2, 0) is 4.79 Å². The Labute approximate surface area is 178 Å². The molecule has 5 rings (SSSR count). The van der Waals surface area contributed by atoms with Crippen LogP contribution < -0.4 is 10.5 Å². The third-order valence-corrected chi connectivity index (χ3v) is 6.56. The monoisotopic (exact) mass is 421 g/mol. The Kier molecular flexibility index (Phi) is 5.16. The van der Waals surface area contributed by atoms with E-state index in [1.807, 2.05) is 47.4 Å². The summed E-state index contributed by atoms with van der Waals surface area (Å²) in [4.78, 5) is 39.0. The van der Waals surface area contributed by atoms with Crippen LogP contribution in [0, 0.1) is 0 Å². The molecule has 2 aliphatic rings. The van der Waals surface area contributed by atoms with Crippen molar-refractivity contribution in [3.05, 3.63) is 59.0 Å². The first-order valence-electron chi connectivity index (χ1n) is 10.3. The number of piperazine rings is 1. The lowest BCUT2D eigenvalue weighted by atomic mass is 10.2. The molecule has 0 N–H and O–H groups in total. The highest BCUT2D eigenvalue weighted by atomic mass is 32.2. The third kappa shape index (κ3) is 3.79. The van der Waals surface area contributed by atoms with Gasteiger partial charge in [-0.3, -0.25) is 14.2 Å². The number of amides is 1. The maximum Gasteiger partial charge on any atom is 0.262 e. The van der Waals surface area contributed by atoms with Crippen molar-refractivity contribution in [3.63, 3.8) is 0 Å². The van der Waals surface area contributed by atoms with E-state index < -0.39 is 0 Å². The lowest BCUT2D eigenvalue weighted by Gasteiger charge is -2.35. The molecule has 1 amide bonds. The van der Waals surface area contributed by atoms with E-state index in [1.54, 1.807) is 10.8 Å². The maximum atomic E-state index is 13.0. The molecule has 0 bridgehead atoms. The lowest BCUT2D eigenvalue weighted by Crippen LogP contribution is -2.49. The molecule has 1 aliphatic heterocycles. The number of benzene rings is 1. The SMILES string of the molecule is O=C(CSc1nc2ccccc2c(=O)n1C1CC1)N1CCN(c2ccccn2)CC1. The van der Waals surface area contributed by atoms with Crippen molar-refractivity contribution in [3.8, 4) is 0 Å². The van der Waals surface area contributed by atoms with Crippen molar-refractivity contribution in [1.29, 1.82) is 0 Å². The average molecular weight is 422 g/mol. The van der Waals surface area contributed by atoms with E-state index in [2.05, 4.69) is 9.88 Å². The molecule has 3 aromatic rings. The van der Waals surface area contributed by atoms with Gasteiger partial charge in [-0.2, -0.15) is 0 Å². The Morgan fingerprint density at radius 1 is 1.03 bits per heavy atom. The second-order valence-corrected chi connectivity index (χ2v) is 8.60. The summed E-state index contributed by atoms with van der Waals surface area (Å²) >= 11 is 1.38. The first kappa shape index (κ1) is 19.1. The number of hydrogen-bond acceptors (Lipinski definition) is 6. The molecule has 0 atom stereocenters. The predicted molar refractivity (Wildman–Crippen MR) is 118 cm³/mol. The van der Waals surface area contributed by atoms with Crippen molar-refractivity contribution in [1.82, 2.24) is 19.4 Å². The molecule has 3 heterocycles. The van der Waals surface area contributed by atoms with E-state index in [4.69, 9.17) is 4.98 Å². The van der Waals surface area contributed by atoms with Gasteiger partial charge in [0.15, 0.2) is 5.16 Å². The number of pyridine rings is 1. The molecule has 2 aromatic heterocycles. The third-order valence-electron chi connectivity index (χ3n) is 5.62. The largest absolute Gasteiger partial charge is 0.353 e. The number of hydrogen-bond donors (Lipinski definition) is 0. The number of anilines is 1. The summed E-state index contributed by atoms with van der Waals surface area (Å²) in [5.74, 6) is 1.33. The summed E-state index contributed by atoms with van der Waals surface area (Å²) < 4.78 is 1.79. The zero-order valence-electron chi connectivity index (χ0n) is 16.6. The van der Waals surface area contributed by atoms with Crippen LogP contribution in [0.3, 0.4) is 0 Å². The highest BCUT2D eigenvalue weighted by Gasteiger charge is 2.29. The second-order valence-electron chi connectivity index (χ2n) is 7.66. The van der Waals surface area contributed by atoms with Crippen molar-refractivity contribution in [2.24, 2.45) is 0 Å². The maximum absolute atomic E-state index is 13.0. The highest BCUT2D eigenvalue weighted by Crippen LogP contribution is 2.36. The standard InChI is InChI=1S/C22H23N5O2S/c28-20(26-13-11-25(12-14-26)19-7-3-4-10-23-19)15-30-22-24-18-6-2-1-5-17(18)21(29)27(22)16-8-9-16/h1-7,10,16H,8-9,11-15H2. The molecule has 2 fully saturated rings. The Morgan fingerprint density at radius 3 is 2.53 bits per heavy atom. The lowest BCUT2D eigenvalue weighted by molar-refractivity contribution is -0.128.